The first-order valence-electron chi connectivity index (χ1n) is 5.51. The van der Waals surface area contributed by atoms with Crippen molar-refractivity contribution in [1.82, 2.24) is 0 Å². The SMILES string of the molecule is CCCc1ccc(N=C=S)cc1CCC. The summed E-state index contributed by atoms with van der Waals surface area (Å²) in [5.74, 6) is 0. The zero-order chi connectivity index (χ0) is 11.1. The van der Waals surface area contributed by atoms with Crippen LogP contribution in [0.2, 0.25) is 0 Å². The molecule has 0 aromatic heterocycles. The largest absolute Gasteiger partial charge is 0.195 e. The Balaban J connectivity index is 3.02. The predicted molar refractivity (Wildman–Crippen MR) is 69.1 cm³/mol. The van der Waals surface area contributed by atoms with E-state index in [9.17, 15) is 0 Å². The maximum atomic E-state index is 4.61. The third-order valence-electron chi connectivity index (χ3n) is 2.40. The van der Waals surface area contributed by atoms with Crippen molar-refractivity contribution in [2.75, 3.05) is 0 Å². The standard InChI is InChI=1S/C13H17NS/c1-3-5-11-7-8-13(14-10-15)9-12(11)6-4-2/h7-9H,3-6H2,1-2H3. The zero-order valence-corrected chi connectivity index (χ0v) is 10.2. The highest BCUT2D eigenvalue weighted by Crippen LogP contribution is 2.20. The molecular formula is C13H17NS. The Bertz CT molecular complexity index is 365. The van der Waals surface area contributed by atoms with Crippen molar-refractivity contribution in [3.05, 3.63) is 29.3 Å². The van der Waals surface area contributed by atoms with Gasteiger partial charge < -0.3 is 0 Å². The number of thiocarbonyl (C=S) groups is 1. The first kappa shape index (κ1) is 12.1. The van der Waals surface area contributed by atoms with Crippen LogP contribution in [0.15, 0.2) is 23.2 Å². The van der Waals surface area contributed by atoms with Crippen LogP contribution in [0.1, 0.15) is 37.8 Å². The minimum atomic E-state index is 0.924. The summed E-state index contributed by atoms with van der Waals surface area (Å²) in [5, 5.41) is 2.41. The number of aryl methyl sites for hydroxylation is 2. The predicted octanol–water partition coefficient (Wildman–Crippen LogP) is 4.33. The molecule has 0 aliphatic heterocycles. The van der Waals surface area contributed by atoms with Crippen LogP contribution in [0.5, 0.6) is 0 Å². The Morgan fingerprint density at radius 1 is 1.13 bits per heavy atom. The second-order valence-corrected chi connectivity index (χ2v) is 3.84. The maximum absolute atomic E-state index is 4.61. The van der Waals surface area contributed by atoms with Gasteiger partial charge in [-0.15, -0.1) is 0 Å². The molecule has 1 nitrogen and oxygen atoms in total. The van der Waals surface area contributed by atoms with Gasteiger partial charge in [-0.3, -0.25) is 0 Å². The molecule has 80 valence electrons. The molecule has 2 heteroatoms. The molecule has 0 N–H and O–H groups in total. The van der Waals surface area contributed by atoms with Crippen LogP contribution in [0.3, 0.4) is 0 Å². The van der Waals surface area contributed by atoms with Crippen molar-refractivity contribution in [2.45, 2.75) is 39.5 Å². The lowest BCUT2D eigenvalue weighted by atomic mass is 9.99. The molecule has 0 aliphatic rings. The van der Waals surface area contributed by atoms with Crippen LogP contribution in [0, 0.1) is 0 Å². The molecule has 0 saturated heterocycles. The molecule has 0 spiro atoms. The average Bonchev–Trinajstić information content (AvgIpc) is 2.23. The van der Waals surface area contributed by atoms with Gasteiger partial charge >= 0.3 is 0 Å². The lowest BCUT2D eigenvalue weighted by Crippen LogP contribution is -1.93. The van der Waals surface area contributed by atoms with Gasteiger partial charge in [0.15, 0.2) is 0 Å². The van der Waals surface area contributed by atoms with Crippen molar-refractivity contribution >= 4 is 23.1 Å². The van der Waals surface area contributed by atoms with Gasteiger partial charge in [-0.25, -0.2) is 0 Å². The summed E-state index contributed by atoms with van der Waals surface area (Å²) in [7, 11) is 0. The molecule has 0 radical (unpaired) electrons. The second-order valence-electron chi connectivity index (χ2n) is 3.66. The number of aliphatic imine (C=N–C) groups is 1. The Morgan fingerprint density at radius 2 is 1.80 bits per heavy atom. The topological polar surface area (TPSA) is 12.4 Å². The summed E-state index contributed by atoms with van der Waals surface area (Å²) >= 11 is 4.61. The summed E-state index contributed by atoms with van der Waals surface area (Å²) in [4.78, 5) is 4.02. The number of benzene rings is 1. The fourth-order valence-corrected chi connectivity index (χ4v) is 1.86. The molecule has 0 amide bonds. The van der Waals surface area contributed by atoms with E-state index in [-0.39, 0.29) is 0 Å². The second kappa shape index (κ2) is 6.49. The van der Waals surface area contributed by atoms with Gasteiger partial charge in [-0.05, 0) is 48.3 Å². The summed E-state index contributed by atoms with van der Waals surface area (Å²) in [6, 6.07) is 6.32. The number of isothiocyanates is 1. The van der Waals surface area contributed by atoms with E-state index in [1.807, 2.05) is 6.07 Å². The minimum Gasteiger partial charge on any atom is -0.195 e. The number of hydrogen-bond donors (Lipinski definition) is 0. The van der Waals surface area contributed by atoms with E-state index >= 15 is 0 Å². The number of nitrogens with zero attached hydrogens (tertiary/aromatic N) is 1. The van der Waals surface area contributed by atoms with Gasteiger partial charge in [0.2, 0.25) is 0 Å². The van der Waals surface area contributed by atoms with Gasteiger partial charge in [-0.1, -0.05) is 32.8 Å². The van der Waals surface area contributed by atoms with Crippen molar-refractivity contribution < 1.29 is 0 Å². The maximum Gasteiger partial charge on any atom is 0.0742 e. The molecule has 0 bridgehead atoms. The Kier molecular flexibility index (Phi) is 5.23. The normalized spacial score (nSPS) is 9.73. The molecule has 0 unspecified atom stereocenters. The monoisotopic (exact) mass is 219 g/mol. The minimum absolute atomic E-state index is 0.924. The summed E-state index contributed by atoms with van der Waals surface area (Å²) in [5.41, 5.74) is 3.78. The number of hydrogen-bond acceptors (Lipinski definition) is 2. The van der Waals surface area contributed by atoms with E-state index in [2.05, 4.69) is 48.4 Å². The summed E-state index contributed by atoms with van der Waals surface area (Å²) in [6.45, 7) is 4.41. The van der Waals surface area contributed by atoms with Crippen LogP contribution in [-0.2, 0) is 12.8 Å². The smallest absolute Gasteiger partial charge is 0.0742 e. The molecule has 1 aromatic carbocycles. The highest BCUT2D eigenvalue weighted by Gasteiger charge is 2.02. The molecule has 15 heavy (non-hydrogen) atoms. The Morgan fingerprint density at radius 3 is 2.40 bits per heavy atom. The van der Waals surface area contributed by atoms with Gasteiger partial charge in [-0.2, -0.15) is 4.99 Å². The van der Waals surface area contributed by atoms with Crippen LogP contribution >= 0.6 is 12.2 Å². The molecule has 0 saturated carbocycles. The molecule has 1 rings (SSSR count). The molecule has 0 fully saturated rings. The summed E-state index contributed by atoms with van der Waals surface area (Å²) in [6.07, 6.45) is 4.63. The molecule has 0 atom stereocenters. The van der Waals surface area contributed by atoms with Crippen LogP contribution < -0.4 is 0 Å². The van der Waals surface area contributed by atoms with Gasteiger partial charge in [0.05, 0.1) is 10.8 Å². The van der Waals surface area contributed by atoms with Gasteiger partial charge in [0.25, 0.3) is 0 Å². The fourth-order valence-electron chi connectivity index (χ4n) is 1.75. The Labute approximate surface area is 97.2 Å². The van der Waals surface area contributed by atoms with E-state index < -0.39 is 0 Å². The molecule has 0 heterocycles. The lowest BCUT2D eigenvalue weighted by molar-refractivity contribution is 0.861. The van der Waals surface area contributed by atoms with Crippen LogP contribution in [0.4, 0.5) is 5.69 Å². The van der Waals surface area contributed by atoms with E-state index in [1.54, 1.807) is 0 Å². The third-order valence-corrected chi connectivity index (χ3v) is 2.49. The average molecular weight is 219 g/mol. The van der Waals surface area contributed by atoms with E-state index in [0.29, 0.717) is 0 Å². The summed E-state index contributed by atoms with van der Waals surface area (Å²) < 4.78 is 0. The van der Waals surface area contributed by atoms with E-state index in [0.717, 1.165) is 18.5 Å². The zero-order valence-electron chi connectivity index (χ0n) is 9.42. The van der Waals surface area contributed by atoms with E-state index in [4.69, 9.17) is 0 Å². The first-order valence-corrected chi connectivity index (χ1v) is 5.92. The van der Waals surface area contributed by atoms with E-state index in [1.165, 1.54) is 24.0 Å². The first-order chi connectivity index (χ1) is 7.31. The molecule has 0 aliphatic carbocycles. The van der Waals surface area contributed by atoms with Crippen molar-refractivity contribution in [2.24, 2.45) is 4.99 Å². The molecular weight excluding hydrogens is 202 g/mol. The fraction of sp³-hybridized carbons (Fsp3) is 0.462. The molecule has 1 aromatic rings. The van der Waals surface area contributed by atoms with Crippen LogP contribution in [0.25, 0.3) is 0 Å². The van der Waals surface area contributed by atoms with Crippen molar-refractivity contribution in [3.63, 3.8) is 0 Å². The highest BCUT2D eigenvalue weighted by atomic mass is 32.1. The lowest BCUT2D eigenvalue weighted by Gasteiger charge is -2.08. The highest BCUT2D eigenvalue weighted by molar-refractivity contribution is 7.78. The Hall–Kier alpha value is -0.980. The van der Waals surface area contributed by atoms with Gasteiger partial charge in [0, 0.05) is 0 Å². The van der Waals surface area contributed by atoms with Gasteiger partial charge in [0.1, 0.15) is 0 Å². The number of rotatable bonds is 5. The third kappa shape index (κ3) is 3.58. The van der Waals surface area contributed by atoms with Crippen LogP contribution in [-0.4, -0.2) is 5.16 Å². The quantitative estimate of drug-likeness (QED) is 0.530. The van der Waals surface area contributed by atoms with Crippen molar-refractivity contribution in [3.8, 4) is 0 Å². The van der Waals surface area contributed by atoms with Crippen molar-refractivity contribution in [1.29, 1.82) is 0 Å².